The van der Waals surface area contributed by atoms with Gasteiger partial charge in [0.15, 0.2) is 27.1 Å². The van der Waals surface area contributed by atoms with E-state index in [1.54, 1.807) is 12.1 Å². The molecule has 0 spiro atoms. The Morgan fingerprint density at radius 2 is 2.15 bits per heavy atom. The number of hydrogen-bond acceptors (Lipinski definition) is 6. The molecule has 1 unspecified atom stereocenters. The lowest BCUT2D eigenvalue weighted by atomic mass is 9.96. The number of Topliss-reactive ketones (excluding diaryl/α,β-unsaturated/α-hetero) is 1. The monoisotopic (exact) mass is 298 g/mol. The molecule has 20 heavy (non-hydrogen) atoms. The Morgan fingerprint density at radius 3 is 2.80 bits per heavy atom. The minimum absolute atomic E-state index is 0.0745. The molecule has 0 N–H and O–H groups in total. The molecule has 6 nitrogen and oxygen atoms in total. The third-order valence-electron chi connectivity index (χ3n) is 3.55. The summed E-state index contributed by atoms with van der Waals surface area (Å²) >= 11 is 0. The fourth-order valence-electron chi connectivity index (χ4n) is 2.51. The second-order valence-electron chi connectivity index (χ2n) is 4.88. The van der Waals surface area contributed by atoms with Crippen molar-refractivity contribution in [2.45, 2.75) is 6.42 Å². The van der Waals surface area contributed by atoms with Crippen LogP contribution in [0.2, 0.25) is 0 Å². The molecule has 1 aromatic rings. The van der Waals surface area contributed by atoms with Crippen LogP contribution in [-0.4, -0.2) is 39.6 Å². The van der Waals surface area contributed by atoms with Crippen molar-refractivity contribution in [3.05, 3.63) is 17.7 Å². The van der Waals surface area contributed by atoms with Crippen molar-refractivity contribution >= 4 is 15.6 Å². The minimum atomic E-state index is -3.08. The highest BCUT2D eigenvalue weighted by atomic mass is 32.2. The fourth-order valence-corrected chi connectivity index (χ4v) is 4.25. The molecule has 0 radical (unpaired) electrons. The van der Waals surface area contributed by atoms with Crippen molar-refractivity contribution in [1.82, 2.24) is 0 Å². The molecule has 0 bridgehead atoms. The van der Waals surface area contributed by atoms with Gasteiger partial charge in [-0.3, -0.25) is 4.79 Å². The zero-order valence-corrected chi connectivity index (χ0v) is 11.7. The number of benzene rings is 1. The molecule has 0 amide bonds. The predicted molar refractivity (Wildman–Crippen MR) is 70.2 cm³/mol. The van der Waals surface area contributed by atoms with Gasteiger partial charge in [0.25, 0.3) is 0 Å². The predicted octanol–water partition coefficient (Wildman–Crippen LogP) is 1.04. The van der Waals surface area contributed by atoms with E-state index in [2.05, 4.69) is 0 Å². The lowest BCUT2D eigenvalue weighted by molar-refractivity contribution is 0.0932. The van der Waals surface area contributed by atoms with E-state index in [0.29, 0.717) is 29.2 Å². The lowest BCUT2D eigenvalue weighted by Gasteiger charge is -2.10. The summed E-state index contributed by atoms with van der Waals surface area (Å²) in [5.74, 6) is 0.668. The number of methoxy groups -OCH3 is 1. The smallest absolute Gasteiger partial charge is 0.231 e. The van der Waals surface area contributed by atoms with Gasteiger partial charge in [0.05, 0.1) is 18.6 Å². The summed E-state index contributed by atoms with van der Waals surface area (Å²) < 4.78 is 38.6. The van der Waals surface area contributed by atoms with Gasteiger partial charge in [-0.05, 0) is 18.6 Å². The Kier molecular flexibility index (Phi) is 3.08. The molecule has 7 heteroatoms. The van der Waals surface area contributed by atoms with Crippen molar-refractivity contribution in [2.75, 3.05) is 25.4 Å². The molecule has 1 saturated heterocycles. The number of sulfone groups is 1. The molecule has 1 atom stereocenters. The maximum absolute atomic E-state index is 12.4. The lowest BCUT2D eigenvalue weighted by Crippen LogP contribution is -2.16. The Morgan fingerprint density at radius 1 is 1.35 bits per heavy atom. The second kappa shape index (κ2) is 4.66. The molecule has 0 aliphatic carbocycles. The second-order valence-corrected chi connectivity index (χ2v) is 7.11. The van der Waals surface area contributed by atoms with E-state index >= 15 is 0 Å². The standard InChI is InChI=1S/C13H14O6S/c1-17-10-4-9(5-11-13(10)19-7-18-11)12(14)8-2-3-20(15,16)6-8/h4-5,8H,2-3,6-7H2,1H3. The van der Waals surface area contributed by atoms with Gasteiger partial charge in [-0.1, -0.05) is 0 Å². The SMILES string of the molecule is COc1cc(C(=O)C2CCS(=O)(=O)C2)cc2c1OCO2. The first-order chi connectivity index (χ1) is 9.50. The van der Waals surface area contributed by atoms with Crippen LogP contribution in [0, 0.1) is 5.92 Å². The molecule has 0 aromatic heterocycles. The average molecular weight is 298 g/mol. The number of carbonyl (C=O) groups excluding carboxylic acids is 1. The van der Waals surface area contributed by atoms with Crippen LogP contribution in [0.1, 0.15) is 16.8 Å². The quantitative estimate of drug-likeness (QED) is 0.776. The molecule has 1 fully saturated rings. The first-order valence-corrected chi connectivity index (χ1v) is 8.04. The van der Waals surface area contributed by atoms with Gasteiger partial charge in [0.1, 0.15) is 0 Å². The molecule has 0 saturated carbocycles. The van der Waals surface area contributed by atoms with Crippen molar-refractivity contribution in [1.29, 1.82) is 0 Å². The van der Waals surface area contributed by atoms with Gasteiger partial charge in [-0.25, -0.2) is 8.42 Å². The highest BCUT2D eigenvalue weighted by Gasteiger charge is 2.34. The molecular formula is C13H14O6S. The van der Waals surface area contributed by atoms with E-state index in [-0.39, 0.29) is 24.1 Å². The molecule has 1 aromatic carbocycles. The fraction of sp³-hybridized carbons (Fsp3) is 0.462. The van der Waals surface area contributed by atoms with E-state index in [4.69, 9.17) is 14.2 Å². The van der Waals surface area contributed by atoms with Gasteiger partial charge in [0, 0.05) is 11.5 Å². The van der Waals surface area contributed by atoms with Crippen molar-refractivity contribution < 1.29 is 27.4 Å². The third kappa shape index (κ3) is 2.22. The summed E-state index contributed by atoms with van der Waals surface area (Å²) in [5, 5.41) is 0. The van der Waals surface area contributed by atoms with E-state index in [1.807, 2.05) is 0 Å². The van der Waals surface area contributed by atoms with Crippen LogP contribution >= 0.6 is 0 Å². The van der Waals surface area contributed by atoms with Crippen LogP contribution in [0.25, 0.3) is 0 Å². The van der Waals surface area contributed by atoms with Gasteiger partial charge >= 0.3 is 0 Å². The number of ether oxygens (including phenoxy) is 3. The average Bonchev–Trinajstić information content (AvgIpc) is 3.02. The first-order valence-electron chi connectivity index (χ1n) is 6.22. The third-order valence-corrected chi connectivity index (χ3v) is 5.31. The summed E-state index contributed by atoms with van der Waals surface area (Å²) in [7, 11) is -1.61. The Labute approximate surface area is 116 Å². The Hall–Kier alpha value is -1.76. The van der Waals surface area contributed by atoms with Gasteiger partial charge in [-0.15, -0.1) is 0 Å². The van der Waals surface area contributed by atoms with Gasteiger partial charge in [0.2, 0.25) is 12.5 Å². The summed E-state index contributed by atoms with van der Waals surface area (Å²) in [6.07, 6.45) is 0.373. The molecule has 2 aliphatic rings. The van der Waals surface area contributed by atoms with Crippen molar-refractivity contribution in [3.8, 4) is 17.2 Å². The molecule has 108 valence electrons. The van der Waals surface area contributed by atoms with Gasteiger partial charge < -0.3 is 14.2 Å². The van der Waals surface area contributed by atoms with Crippen molar-refractivity contribution in [2.24, 2.45) is 5.92 Å². The number of rotatable bonds is 3. The zero-order valence-electron chi connectivity index (χ0n) is 10.9. The van der Waals surface area contributed by atoms with Crippen LogP contribution in [0.5, 0.6) is 17.2 Å². The molecule has 2 heterocycles. The summed E-state index contributed by atoms with van der Waals surface area (Å²) in [4.78, 5) is 12.4. The molecule has 2 aliphatic heterocycles. The Balaban J connectivity index is 1.93. The topological polar surface area (TPSA) is 78.9 Å². The minimum Gasteiger partial charge on any atom is -0.493 e. The van der Waals surface area contributed by atoms with Gasteiger partial charge in [-0.2, -0.15) is 0 Å². The highest BCUT2D eigenvalue weighted by Crippen LogP contribution is 2.42. The Bertz CT molecular complexity index is 664. The van der Waals surface area contributed by atoms with Crippen LogP contribution < -0.4 is 14.2 Å². The number of hydrogen-bond donors (Lipinski definition) is 0. The van der Waals surface area contributed by atoms with Crippen LogP contribution in [-0.2, 0) is 9.84 Å². The highest BCUT2D eigenvalue weighted by molar-refractivity contribution is 7.91. The number of carbonyl (C=O) groups is 1. The largest absolute Gasteiger partial charge is 0.493 e. The molecular weight excluding hydrogens is 284 g/mol. The van der Waals surface area contributed by atoms with Crippen LogP contribution in [0.15, 0.2) is 12.1 Å². The summed E-state index contributed by atoms with van der Waals surface area (Å²) in [6, 6.07) is 3.15. The maximum Gasteiger partial charge on any atom is 0.231 e. The van der Waals surface area contributed by atoms with Crippen LogP contribution in [0.3, 0.4) is 0 Å². The van der Waals surface area contributed by atoms with E-state index in [0.717, 1.165) is 0 Å². The number of fused-ring (bicyclic) bond motifs is 1. The summed E-state index contributed by atoms with van der Waals surface area (Å²) in [6.45, 7) is 0.0845. The van der Waals surface area contributed by atoms with E-state index < -0.39 is 15.8 Å². The van der Waals surface area contributed by atoms with E-state index in [1.165, 1.54) is 7.11 Å². The zero-order chi connectivity index (χ0) is 14.3. The maximum atomic E-state index is 12.4. The molecule has 3 rings (SSSR count). The van der Waals surface area contributed by atoms with E-state index in [9.17, 15) is 13.2 Å². The normalized spacial score (nSPS) is 22.8. The van der Waals surface area contributed by atoms with Crippen LogP contribution in [0.4, 0.5) is 0 Å². The first kappa shape index (κ1) is 13.2. The van der Waals surface area contributed by atoms with Crippen molar-refractivity contribution in [3.63, 3.8) is 0 Å². The number of ketones is 1. The summed E-state index contributed by atoms with van der Waals surface area (Å²) in [5.41, 5.74) is 0.396.